The molecule has 3 heterocycles. The van der Waals surface area contributed by atoms with Crippen LogP contribution < -0.4 is 0 Å². The Morgan fingerprint density at radius 1 is 0.750 bits per heavy atom. The maximum Gasteiger partial charge on any atom is 0.106 e. The summed E-state index contributed by atoms with van der Waals surface area (Å²) in [5, 5.41) is 0. The molecule has 2 unspecified atom stereocenters. The summed E-state index contributed by atoms with van der Waals surface area (Å²) in [5.74, 6) is 0.00926. The Morgan fingerprint density at radius 3 is 2.25 bits per heavy atom. The predicted octanol–water partition coefficient (Wildman–Crippen LogP) is 5.91. The zero-order valence-electron chi connectivity index (χ0n) is 15.5. The summed E-state index contributed by atoms with van der Waals surface area (Å²) < 4.78 is 0.822. The molecule has 3 nitrogen and oxygen atoms in total. The van der Waals surface area contributed by atoms with Gasteiger partial charge in [-0.3, -0.25) is 9.97 Å². The Bertz CT molecular complexity index is 964. The van der Waals surface area contributed by atoms with Crippen LogP contribution in [-0.2, 0) is 0 Å². The summed E-state index contributed by atoms with van der Waals surface area (Å²) in [5.41, 5.74) is 5.56. The molecule has 4 rings (SSSR count). The number of halogens is 1. The molecule has 0 fully saturated rings. The van der Waals surface area contributed by atoms with Crippen LogP contribution in [0.4, 0.5) is 0 Å². The van der Waals surface area contributed by atoms with Crippen molar-refractivity contribution in [1.29, 1.82) is 0 Å². The van der Waals surface area contributed by atoms with E-state index >= 15 is 0 Å². The van der Waals surface area contributed by atoms with Gasteiger partial charge in [-0.05, 0) is 64.3 Å². The van der Waals surface area contributed by atoms with Crippen molar-refractivity contribution in [2.75, 3.05) is 0 Å². The van der Waals surface area contributed by atoms with E-state index in [1.54, 1.807) is 6.20 Å². The van der Waals surface area contributed by atoms with E-state index in [4.69, 9.17) is 9.97 Å². The molecular weight excluding hydrogens is 410 g/mol. The molecule has 0 N–H and O–H groups in total. The summed E-state index contributed by atoms with van der Waals surface area (Å²) >= 11 is 3.53. The Labute approximate surface area is 173 Å². The van der Waals surface area contributed by atoms with E-state index in [0.717, 1.165) is 21.6 Å². The SMILES string of the molecule is Cc1cccc(C(c2ccccn2)C(c2cccnc2)c2cccc(Br)n2)c1. The summed E-state index contributed by atoms with van der Waals surface area (Å²) in [6.45, 7) is 2.12. The van der Waals surface area contributed by atoms with Gasteiger partial charge < -0.3 is 0 Å². The maximum atomic E-state index is 4.81. The lowest BCUT2D eigenvalue weighted by molar-refractivity contribution is 0.653. The molecule has 2 atom stereocenters. The zero-order chi connectivity index (χ0) is 19.3. The zero-order valence-corrected chi connectivity index (χ0v) is 17.1. The molecule has 3 aromatic heterocycles. The quantitative estimate of drug-likeness (QED) is 0.370. The Balaban J connectivity index is 1.96. The number of rotatable bonds is 5. The van der Waals surface area contributed by atoms with Crippen LogP contribution in [0.15, 0.2) is 96.0 Å². The molecule has 0 spiro atoms. The van der Waals surface area contributed by atoms with Crippen molar-refractivity contribution in [3.63, 3.8) is 0 Å². The first-order valence-electron chi connectivity index (χ1n) is 9.22. The highest BCUT2D eigenvalue weighted by molar-refractivity contribution is 9.10. The number of aromatic nitrogens is 3. The van der Waals surface area contributed by atoms with Gasteiger partial charge in [0.2, 0.25) is 0 Å². The molecule has 0 aliphatic heterocycles. The van der Waals surface area contributed by atoms with Gasteiger partial charge >= 0.3 is 0 Å². The van der Waals surface area contributed by atoms with Crippen LogP contribution in [-0.4, -0.2) is 15.0 Å². The van der Waals surface area contributed by atoms with E-state index in [-0.39, 0.29) is 11.8 Å². The van der Waals surface area contributed by atoms with E-state index in [1.807, 2.05) is 42.7 Å². The molecule has 0 bridgehead atoms. The second-order valence-corrected chi connectivity index (χ2v) is 7.61. The molecular formula is C24H20BrN3. The van der Waals surface area contributed by atoms with Crippen molar-refractivity contribution < 1.29 is 0 Å². The van der Waals surface area contributed by atoms with Crippen LogP contribution in [0.25, 0.3) is 0 Å². The second kappa shape index (κ2) is 8.44. The molecule has 138 valence electrons. The lowest BCUT2D eigenvalue weighted by atomic mass is 9.77. The van der Waals surface area contributed by atoms with Crippen molar-refractivity contribution in [3.8, 4) is 0 Å². The average molecular weight is 430 g/mol. The van der Waals surface area contributed by atoms with Crippen molar-refractivity contribution in [1.82, 2.24) is 15.0 Å². The van der Waals surface area contributed by atoms with Crippen LogP contribution in [0.3, 0.4) is 0 Å². The molecule has 28 heavy (non-hydrogen) atoms. The Kier molecular flexibility index (Phi) is 5.58. The Hall–Kier alpha value is -2.85. The van der Waals surface area contributed by atoms with E-state index in [1.165, 1.54) is 11.1 Å². The fourth-order valence-electron chi connectivity index (χ4n) is 3.65. The summed E-state index contributed by atoms with van der Waals surface area (Å²) in [6.07, 6.45) is 5.59. The molecule has 0 radical (unpaired) electrons. The van der Waals surface area contributed by atoms with E-state index in [0.29, 0.717) is 0 Å². The molecule has 0 aliphatic carbocycles. The second-order valence-electron chi connectivity index (χ2n) is 6.80. The Morgan fingerprint density at radius 2 is 1.54 bits per heavy atom. The third kappa shape index (κ3) is 4.02. The van der Waals surface area contributed by atoms with Crippen LogP contribution in [0, 0.1) is 6.92 Å². The first-order valence-corrected chi connectivity index (χ1v) is 10.0. The van der Waals surface area contributed by atoms with Crippen LogP contribution in [0.2, 0.25) is 0 Å². The minimum atomic E-state index is -0.0112. The van der Waals surface area contributed by atoms with E-state index < -0.39 is 0 Å². The number of aryl methyl sites for hydroxylation is 1. The topological polar surface area (TPSA) is 38.7 Å². The molecule has 4 heteroatoms. The first kappa shape index (κ1) is 18.5. The van der Waals surface area contributed by atoms with E-state index in [2.05, 4.69) is 70.3 Å². The van der Waals surface area contributed by atoms with Gasteiger partial charge in [0, 0.05) is 36.1 Å². The van der Waals surface area contributed by atoms with Gasteiger partial charge in [-0.15, -0.1) is 0 Å². The molecule has 4 aromatic rings. The summed E-state index contributed by atoms with van der Waals surface area (Å²) in [6, 6.07) is 24.9. The van der Waals surface area contributed by atoms with Crippen molar-refractivity contribution in [2.24, 2.45) is 0 Å². The maximum absolute atomic E-state index is 4.81. The van der Waals surface area contributed by atoms with E-state index in [9.17, 15) is 0 Å². The summed E-state index contributed by atoms with van der Waals surface area (Å²) in [4.78, 5) is 13.9. The highest BCUT2D eigenvalue weighted by Gasteiger charge is 2.30. The molecule has 0 aliphatic rings. The van der Waals surface area contributed by atoms with Gasteiger partial charge in [-0.25, -0.2) is 4.98 Å². The molecule has 0 amide bonds. The van der Waals surface area contributed by atoms with Gasteiger partial charge in [0.05, 0.1) is 5.69 Å². The average Bonchev–Trinajstić information content (AvgIpc) is 2.73. The first-order chi connectivity index (χ1) is 13.7. The van der Waals surface area contributed by atoms with Gasteiger partial charge in [-0.2, -0.15) is 0 Å². The summed E-state index contributed by atoms with van der Waals surface area (Å²) in [7, 11) is 0. The number of nitrogens with zero attached hydrogens (tertiary/aromatic N) is 3. The number of hydrogen-bond acceptors (Lipinski definition) is 3. The minimum Gasteiger partial charge on any atom is -0.264 e. The monoisotopic (exact) mass is 429 g/mol. The van der Waals surface area contributed by atoms with Crippen molar-refractivity contribution >= 4 is 15.9 Å². The van der Waals surface area contributed by atoms with Gasteiger partial charge in [0.15, 0.2) is 0 Å². The van der Waals surface area contributed by atoms with Crippen LogP contribution in [0.1, 0.15) is 39.9 Å². The number of pyridine rings is 3. The standard InChI is InChI=1S/C24H20BrN3/c1-17-7-4-8-18(15-17)23(20-10-2-3-14-27-20)24(19-9-6-13-26-16-19)21-11-5-12-22(25)28-21/h2-16,23-24H,1H3. The predicted molar refractivity (Wildman–Crippen MR) is 115 cm³/mol. The highest BCUT2D eigenvalue weighted by atomic mass is 79.9. The fourth-order valence-corrected chi connectivity index (χ4v) is 4.01. The van der Waals surface area contributed by atoms with Crippen LogP contribution >= 0.6 is 15.9 Å². The third-order valence-electron chi connectivity index (χ3n) is 4.84. The minimum absolute atomic E-state index is 0.0112. The number of hydrogen-bond donors (Lipinski definition) is 0. The lowest BCUT2D eigenvalue weighted by Gasteiger charge is -2.28. The number of benzene rings is 1. The lowest BCUT2D eigenvalue weighted by Crippen LogP contribution is -2.17. The molecule has 0 saturated carbocycles. The molecule has 1 aromatic carbocycles. The van der Waals surface area contributed by atoms with Crippen molar-refractivity contribution in [2.45, 2.75) is 18.8 Å². The van der Waals surface area contributed by atoms with Crippen LogP contribution in [0.5, 0.6) is 0 Å². The fraction of sp³-hybridized carbons (Fsp3) is 0.125. The highest BCUT2D eigenvalue weighted by Crippen LogP contribution is 2.41. The largest absolute Gasteiger partial charge is 0.264 e. The van der Waals surface area contributed by atoms with Gasteiger partial charge in [0.25, 0.3) is 0 Å². The van der Waals surface area contributed by atoms with Gasteiger partial charge in [-0.1, -0.05) is 48.0 Å². The van der Waals surface area contributed by atoms with Gasteiger partial charge in [0.1, 0.15) is 4.60 Å². The third-order valence-corrected chi connectivity index (χ3v) is 5.28. The smallest absolute Gasteiger partial charge is 0.106 e. The van der Waals surface area contributed by atoms with Crippen molar-refractivity contribution in [3.05, 3.63) is 124 Å². The molecule has 0 saturated heterocycles. The normalized spacial score (nSPS) is 13.1.